The number of rotatable bonds is 11. The highest BCUT2D eigenvalue weighted by atomic mass is 32.2. The zero-order valence-corrected chi connectivity index (χ0v) is 30.3. The van der Waals surface area contributed by atoms with Crippen LogP contribution in [0.5, 0.6) is 0 Å². The van der Waals surface area contributed by atoms with E-state index in [9.17, 15) is 23.1 Å². The second kappa shape index (κ2) is 18.5. The van der Waals surface area contributed by atoms with Crippen molar-refractivity contribution in [1.29, 1.82) is 0 Å². The molecule has 1 amide bonds. The molecule has 9 heteroatoms. The van der Waals surface area contributed by atoms with Gasteiger partial charge >= 0.3 is 5.97 Å². The van der Waals surface area contributed by atoms with Gasteiger partial charge in [0, 0.05) is 57.5 Å². The molecule has 48 heavy (non-hydrogen) atoms. The first kappa shape index (κ1) is 38.3. The zero-order valence-electron chi connectivity index (χ0n) is 29.5. The van der Waals surface area contributed by atoms with E-state index >= 15 is 0 Å². The molecule has 2 aliphatic heterocycles. The smallest absolute Gasteiger partial charge is 0.302 e. The van der Waals surface area contributed by atoms with Gasteiger partial charge < -0.3 is 14.7 Å². The molecule has 2 heterocycles. The lowest BCUT2D eigenvalue weighted by atomic mass is 9.52. The van der Waals surface area contributed by atoms with Crippen molar-refractivity contribution in [3.05, 3.63) is 54.6 Å². The normalized spacial score (nSPS) is 28.3. The molecule has 3 fully saturated rings. The summed E-state index contributed by atoms with van der Waals surface area (Å²) in [6.07, 6.45) is 19.1. The third-order valence-corrected chi connectivity index (χ3v) is 13.0. The molecule has 1 saturated carbocycles. The first-order valence-corrected chi connectivity index (χ1v) is 20.0. The third-order valence-electron chi connectivity index (χ3n) is 11.1. The van der Waals surface area contributed by atoms with Gasteiger partial charge in [-0.3, -0.25) is 9.59 Å². The van der Waals surface area contributed by atoms with Crippen LogP contribution in [-0.4, -0.2) is 73.5 Å². The van der Waals surface area contributed by atoms with Crippen LogP contribution in [0, 0.1) is 30.1 Å². The lowest BCUT2D eigenvalue weighted by Crippen LogP contribution is -2.64. The molecule has 2 saturated heterocycles. The summed E-state index contributed by atoms with van der Waals surface area (Å²) >= 11 is 0. The van der Waals surface area contributed by atoms with E-state index in [-0.39, 0.29) is 47.1 Å². The number of carbonyl (C=O) groups is 2. The highest BCUT2D eigenvalue weighted by Gasteiger charge is 2.59. The number of benzene rings is 1. The average molecular weight is 685 g/mol. The molecular formula is C39H60N2O6S. The van der Waals surface area contributed by atoms with Crippen LogP contribution in [-0.2, 0) is 24.3 Å². The second-order valence-electron chi connectivity index (χ2n) is 14.5. The maximum absolute atomic E-state index is 14.4. The number of sulfonamides is 1. The van der Waals surface area contributed by atoms with Crippen LogP contribution in [0.4, 0.5) is 0 Å². The Morgan fingerprint density at radius 2 is 1.73 bits per heavy atom. The van der Waals surface area contributed by atoms with Gasteiger partial charge in [0.25, 0.3) is 0 Å². The van der Waals surface area contributed by atoms with E-state index in [0.717, 1.165) is 82.6 Å². The minimum Gasteiger partial charge on any atom is -0.462 e. The highest BCUT2D eigenvalue weighted by Crippen LogP contribution is 2.56. The van der Waals surface area contributed by atoms with E-state index in [2.05, 4.69) is 18.7 Å². The monoisotopic (exact) mass is 684 g/mol. The van der Waals surface area contributed by atoms with Crippen molar-refractivity contribution in [1.82, 2.24) is 9.21 Å². The number of likely N-dealkylation sites (tertiary alicyclic amines) is 1. The van der Waals surface area contributed by atoms with Gasteiger partial charge in [-0.05, 0) is 75.8 Å². The fraction of sp³-hybridized carbons (Fsp3) is 0.692. The van der Waals surface area contributed by atoms with Gasteiger partial charge in [0.1, 0.15) is 6.10 Å². The predicted molar refractivity (Wildman–Crippen MR) is 191 cm³/mol. The fourth-order valence-electron chi connectivity index (χ4n) is 8.69. The van der Waals surface area contributed by atoms with Crippen molar-refractivity contribution in [3.63, 3.8) is 0 Å². The molecule has 0 radical (unpaired) electrons. The van der Waals surface area contributed by atoms with Crippen molar-refractivity contribution in [3.8, 4) is 0 Å². The number of hydrogen-bond donors (Lipinski definition) is 1. The van der Waals surface area contributed by atoms with Crippen LogP contribution in [0.2, 0.25) is 0 Å². The van der Waals surface area contributed by atoms with Crippen LogP contribution in [0.25, 0.3) is 0 Å². The summed E-state index contributed by atoms with van der Waals surface area (Å²) in [6.45, 7) is 9.03. The summed E-state index contributed by atoms with van der Waals surface area (Å²) in [5.74, 6) is -1.12. The van der Waals surface area contributed by atoms with E-state index in [1.54, 1.807) is 16.4 Å². The molecule has 0 unspecified atom stereocenters. The quantitative estimate of drug-likeness (QED) is 0.150. The highest BCUT2D eigenvalue weighted by molar-refractivity contribution is 7.89. The minimum atomic E-state index is -3.78. The molecule has 0 aromatic heterocycles. The average Bonchev–Trinajstić information content (AvgIpc) is 3.05. The Balaban J connectivity index is 1.71. The number of ether oxygens (including phenoxy) is 1. The van der Waals surface area contributed by atoms with Gasteiger partial charge in [-0.25, -0.2) is 8.42 Å². The first-order chi connectivity index (χ1) is 23.1. The van der Waals surface area contributed by atoms with Crippen LogP contribution in [0.1, 0.15) is 109 Å². The molecule has 1 N–H and O–H groups in total. The Labute approximate surface area is 290 Å². The molecule has 1 spiro atoms. The van der Waals surface area contributed by atoms with E-state index in [1.165, 1.54) is 6.92 Å². The number of esters is 1. The topological polar surface area (TPSA) is 104 Å². The Morgan fingerprint density at radius 1 is 1.04 bits per heavy atom. The molecule has 1 aromatic carbocycles. The van der Waals surface area contributed by atoms with E-state index < -0.39 is 22.1 Å². The van der Waals surface area contributed by atoms with Crippen molar-refractivity contribution >= 4 is 21.9 Å². The third kappa shape index (κ3) is 9.81. The van der Waals surface area contributed by atoms with Gasteiger partial charge in [0.05, 0.1) is 4.90 Å². The summed E-state index contributed by atoms with van der Waals surface area (Å²) < 4.78 is 35.9. The number of aliphatic hydroxyl groups excluding tert-OH is 1. The first-order valence-electron chi connectivity index (χ1n) is 18.5. The number of aliphatic hydroxyl groups is 1. The van der Waals surface area contributed by atoms with Gasteiger partial charge in [-0.15, -0.1) is 6.58 Å². The number of amides is 1. The minimum absolute atomic E-state index is 0.0302. The number of unbranched alkanes of at least 4 members (excludes halogenated alkanes) is 1. The molecule has 1 aromatic rings. The lowest BCUT2D eigenvalue weighted by Gasteiger charge is -2.59. The summed E-state index contributed by atoms with van der Waals surface area (Å²) in [4.78, 5) is 29.4. The summed E-state index contributed by atoms with van der Waals surface area (Å²) in [7, 11) is -3.78. The standard InChI is InChI=1S/C39H60N2O6S/c1-4-5-6-7-13-16-25-40-30-39-24-15-12-10-8-9-11-14-17-26-41(48(45,46)33-20-18-31(2)19-21-33)27-22-34(35(29-39)38(40)44)37(47-32(3)43)36(39)23-28-42/h4,6-7,18-21,34-37,42H,1,5,8-17,22-30H2,2-3H3/b7-6-/t34-,35+,36+,37-,39+/m1/s1. The maximum atomic E-state index is 14.4. The molecule has 268 valence electrons. The number of nitrogens with zero attached hydrogens (tertiary/aromatic N) is 2. The van der Waals surface area contributed by atoms with Crippen molar-refractivity contribution < 1.29 is 27.9 Å². The van der Waals surface area contributed by atoms with Crippen molar-refractivity contribution in [2.24, 2.45) is 23.2 Å². The number of carbonyl (C=O) groups excluding carboxylic acids is 2. The summed E-state index contributed by atoms with van der Waals surface area (Å²) in [6, 6.07) is 7.01. The van der Waals surface area contributed by atoms with Crippen LogP contribution < -0.4 is 0 Å². The Bertz CT molecular complexity index is 1330. The largest absolute Gasteiger partial charge is 0.462 e. The Kier molecular flexibility index (Phi) is 14.8. The number of allylic oxidation sites excluding steroid dienone is 3. The SMILES string of the molecule is C=CC/C=C\CCCN1C[C@@]23CCCCCCCCCCN(S(=O)(=O)c4ccc(C)cc4)CC[C@@H]([C@@H](OC(C)=O)[C@@H]2CCO)[C@H](C3)C1=O. The molecule has 8 nitrogen and oxygen atoms in total. The molecular weight excluding hydrogens is 625 g/mol. The van der Waals surface area contributed by atoms with Gasteiger partial charge in [-0.2, -0.15) is 4.31 Å². The number of aryl methyl sites for hydroxylation is 1. The van der Waals surface area contributed by atoms with E-state index in [1.807, 2.05) is 30.0 Å². The van der Waals surface area contributed by atoms with E-state index in [4.69, 9.17) is 4.74 Å². The van der Waals surface area contributed by atoms with Crippen LogP contribution in [0.15, 0.2) is 54.0 Å². The maximum Gasteiger partial charge on any atom is 0.302 e. The lowest BCUT2D eigenvalue weighted by molar-refractivity contribution is -0.192. The van der Waals surface area contributed by atoms with E-state index in [0.29, 0.717) is 38.9 Å². The van der Waals surface area contributed by atoms with Gasteiger partial charge in [0.15, 0.2) is 0 Å². The molecule has 3 aliphatic rings. The molecule has 5 atom stereocenters. The van der Waals surface area contributed by atoms with Crippen molar-refractivity contribution in [2.45, 2.75) is 121 Å². The fourth-order valence-corrected chi connectivity index (χ4v) is 10.2. The second-order valence-corrected chi connectivity index (χ2v) is 16.4. The summed E-state index contributed by atoms with van der Waals surface area (Å²) in [5, 5.41) is 10.4. The van der Waals surface area contributed by atoms with Crippen LogP contribution in [0.3, 0.4) is 0 Å². The molecule has 4 rings (SSSR count). The van der Waals surface area contributed by atoms with Crippen LogP contribution >= 0.6 is 0 Å². The van der Waals surface area contributed by atoms with Crippen molar-refractivity contribution in [2.75, 3.05) is 32.8 Å². The Morgan fingerprint density at radius 3 is 2.40 bits per heavy atom. The number of hydrogen-bond acceptors (Lipinski definition) is 6. The van der Waals surface area contributed by atoms with Gasteiger partial charge in [0.2, 0.25) is 15.9 Å². The van der Waals surface area contributed by atoms with Gasteiger partial charge in [-0.1, -0.05) is 80.9 Å². The number of piperidine rings is 1. The molecule has 3 bridgehead atoms. The zero-order chi connectivity index (χ0) is 34.6. The number of fused-ring (bicyclic) bond motifs is 4. The molecule has 1 aliphatic carbocycles. The Hall–Kier alpha value is -2.49. The predicted octanol–water partition coefficient (Wildman–Crippen LogP) is 7.21. The summed E-state index contributed by atoms with van der Waals surface area (Å²) in [5.41, 5.74) is 0.731.